The van der Waals surface area contributed by atoms with E-state index in [9.17, 15) is 4.79 Å². The molecule has 0 aliphatic carbocycles. The van der Waals surface area contributed by atoms with E-state index >= 15 is 0 Å². The Kier molecular flexibility index (Phi) is 3.80. The topological polar surface area (TPSA) is 34.9 Å². The fraction of sp³-hybridized carbons (Fsp3) is 0.467. The van der Waals surface area contributed by atoms with Crippen LogP contribution in [0.25, 0.3) is 10.9 Å². The van der Waals surface area contributed by atoms with E-state index in [2.05, 4.69) is 18.9 Å². The predicted molar refractivity (Wildman–Crippen MR) is 73.7 cm³/mol. The van der Waals surface area contributed by atoms with Crippen LogP contribution in [0.5, 0.6) is 0 Å². The molecule has 0 saturated heterocycles. The third-order valence-corrected chi connectivity index (χ3v) is 3.65. The van der Waals surface area contributed by atoms with E-state index in [-0.39, 0.29) is 5.78 Å². The van der Waals surface area contributed by atoms with Gasteiger partial charge in [-0.3, -0.25) is 9.48 Å². The minimum absolute atomic E-state index is 0.167. The van der Waals surface area contributed by atoms with Crippen molar-refractivity contribution in [3.05, 3.63) is 30.0 Å². The zero-order valence-electron chi connectivity index (χ0n) is 11.3. The van der Waals surface area contributed by atoms with Crippen LogP contribution in [0.15, 0.2) is 24.3 Å². The summed E-state index contributed by atoms with van der Waals surface area (Å²) in [5, 5.41) is 5.35. The van der Waals surface area contributed by atoms with Crippen molar-refractivity contribution in [3.8, 4) is 0 Å². The van der Waals surface area contributed by atoms with Crippen molar-refractivity contribution in [2.75, 3.05) is 0 Å². The minimum Gasteiger partial charge on any atom is -0.292 e. The van der Waals surface area contributed by atoms with Gasteiger partial charge in [0.05, 0.1) is 5.52 Å². The molecule has 0 N–H and O–H groups in total. The van der Waals surface area contributed by atoms with Gasteiger partial charge in [0, 0.05) is 18.9 Å². The fourth-order valence-electron chi connectivity index (χ4n) is 2.36. The zero-order valence-corrected chi connectivity index (χ0v) is 11.3. The third-order valence-electron chi connectivity index (χ3n) is 3.65. The molecular weight excluding hydrogens is 224 g/mol. The lowest BCUT2D eigenvalue weighted by atomic mass is 9.95. The number of benzene rings is 1. The molecule has 1 aromatic carbocycles. The maximum atomic E-state index is 12.3. The number of ketones is 1. The second-order valence-corrected chi connectivity index (χ2v) is 4.80. The van der Waals surface area contributed by atoms with Crippen molar-refractivity contribution in [1.82, 2.24) is 9.78 Å². The van der Waals surface area contributed by atoms with E-state index < -0.39 is 0 Å². The van der Waals surface area contributed by atoms with Gasteiger partial charge in [-0.25, -0.2) is 0 Å². The first-order chi connectivity index (χ1) is 8.67. The van der Waals surface area contributed by atoms with Crippen LogP contribution in [0.2, 0.25) is 0 Å². The number of fused-ring (bicyclic) bond motifs is 1. The number of carbonyl (C=O) groups excluding carboxylic acids is 1. The molecule has 0 saturated carbocycles. The van der Waals surface area contributed by atoms with Gasteiger partial charge in [0.2, 0.25) is 0 Å². The van der Waals surface area contributed by atoms with Crippen LogP contribution in [-0.4, -0.2) is 15.6 Å². The summed E-state index contributed by atoms with van der Waals surface area (Å²) < 4.78 is 1.79. The lowest BCUT2D eigenvalue weighted by Crippen LogP contribution is -2.08. The number of para-hydroxylation sites is 1. The number of aryl methyl sites for hydroxylation is 1. The second kappa shape index (κ2) is 5.34. The van der Waals surface area contributed by atoms with Crippen molar-refractivity contribution in [2.45, 2.75) is 33.1 Å². The molecule has 0 fully saturated rings. The molecule has 3 nitrogen and oxygen atoms in total. The molecule has 0 aliphatic rings. The van der Waals surface area contributed by atoms with Gasteiger partial charge in [-0.1, -0.05) is 44.9 Å². The Hall–Kier alpha value is -1.64. The number of nitrogens with zero attached hydrogens (tertiary/aromatic N) is 2. The molecule has 18 heavy (non-hydrogen) atoms. The SMILES string of the molecule is CCC(CC)CC(=O)c1nn(C)c2ccccc12. The highest BCUT2D eigenvalue weighted by Crippen LogP contribution is 2.22. The highest BCUT2D eigenvalue weighted by molar-refractivity contribution is 6.06. The maximum absolute atomic E-state index is 12.3. The van der Waals surface area contributed by atoms with Gasteiger partial charge in [-0.15, -0.1) is 0 Å². The van der Waals surface area contributed by atoms with E-state index in [0.29, 0.717) is 18.0 Å². The summed E-state index contributed by atoms with van der Waals surface area (Å²) in [5.74, 6) is 0.638. The van der Waals surface area contributed by atoms with Crippen molar-refractivity contribution in [3.63, 3.8) is 0 Å². The highest BCUT2D eigenvalue weighted by Gasteiger charge is 2.18. The predicted octanol–water partition coefficient (Wildman–Crippen LogP) is 3.58. The molecule has 0 aliphatic heterocycles. The number of hydrogen-bond donors (Lipinski definition) is 0. The standard InChI is InChI=1S/C15H20N2O/c1-4-11(5-2)10-14(18)15-12-8-6-7-9-13(12)17(3)16-15/h6-9,11H,4-5,10H2,1-3H3. The van der Waals surface area contributed by atoms with Crippen LogP contribution < -0.4 is 0 Å². The van der Waals surface area contributed by atoms with Crippen LogP contribution in [0, 0.1) is 5.92 Å². The van der Waals surface area contributed by atoms with Crippen molar-refractivity contribution in [1.29, 1.82) is 0 Å². The molecular formula is C15H20N2O. The van der Waals surface area contributed by atoms with E-state index in [0.717, 1.165) is 23.7 Å². The zero-order chi connectivity index (χ0) is 13.1. The summed E-state index contributed by atoms with van der Waals surface area (Å²) in [7, 11) is 1.89. The van der Waals surface area contributed by atoms with Gasteiger partial charge < -0.3 is 0 Å². The van der Waals surface area contributed by atoms with Gasteiger partial charge in [0.25, 0.3) is 0 Å². The molecule has 1 heterocycles. The molecule has 2 aromatic rings. The van der Waals surface area contributed by atoms with Crippen LogP contribution >= 0.6 is 0 Å². The summed E-state index contributed by atoms with van der Waals surface area (Å²) >= 11 is 0. The summed E-state index contributed by atoms with van der Waals surface area (Å²) in [4.78, 5) is 12.3. The molecule has 0 bridgehead atoms. The molecule has 3 heteroatoms. The summed E-state index contributed by atoms with van der Waals surface area (Å²) in [6.07, 6.45) is 2.70. The van der Waals surface area contributed by atoms with Crippen molar-refractivity contribution < 1.29 is 4.79 Å². The largest absolute Gasteiger partial charge is 0.292 e. The summed E-state index contributed by atoms with van der Waals surface area (Å²) in [6.45, 7) is 4.27. The number of hydrogen-bond acceptors (Lipinski definition) is 2. The Labute approximate surface area is 108 Å². The van der Waals surface area contributed by atoms with E-state index in [1.54, 1.807) is 4.68 Å². The minimum atomic E-state index is 0.167. The Morgan fingerprint density at radius 1 is 1.28 bits per heavy atom. The Balaban J connectivity index is 2.33. The van der Waals surface area contributed by atoms with E-state index in [1.165, 1.54) is 0 Å². The monoisotopic (exact) mass is 244 g/mol. The first-order valence-corrected chi connectivity index (χ1v) is 6.62. The lowest BCUT2D eigenvalue weighted by Gasteiger charge is -2.09. The number of rotatable bonds is 5. The molecule has 1 aromatic heterocycles. The first-order valence-electron chi connectivity index (χ1n) is 6.62. The van der Waals surface area contributed by atoms with E-state index in [1.807, 2.05) is 31.3 Å². The molecule has 0 spiro atoms. The molecule has 2 rings (SSSR count). The maximum Gasteiger partial charge on any atom is 0.183 e. The van der Waals surface area contributed by atoms with Gasteiger partial charge in [-0.2, -0.15) is 5.10 Å². The number of aromatic nitrogens is 2. The Bertz CT molecular complexity index is 553. The normalized spacial score (nSPS) is 11.3. The Morgan fingerprint density at radius 3 is 2.61 bits per heavy atom. The Morgan fingerprint density at radius 2 is 1.94 bits per heavy atom. The van der Waals surface area contributed by atoms with Crippen LogP contribution in [0.3, 0.4) is 0 Å². The average molecular weight is 244 g/mol. The fourth-order valence-corrected chi connectivity index (χ4v) is 2.36. The smallest absolute Gasteiger partial charge is 0.183 e. The molecule has 0 amide bonds. The van der Waals surface area contributed by atoms with Crippen molar-refractivity contribution in [2.24, 2.45) is 13.0 Å². The quantitative estimate of drug-likeness (QED) is 0.753. The average Bonchev–Trinajstić information content (AvgIpc) is 2.74. The molecule has 0 radical (unpaired) electrons. The third kappa shape index (κ3) is 2.30. The lowest BCUT2D eigenvalue weighted by molar-refractivity contribution is 0.0954. The van der Waals surface area contributed by atoms with Crippen LogP contribution in [0.4, 0.5) is 0 Å². The second-order valence-electron chi connectivity index (χ2n) is 4.80. The molecule has 96 valence electrons. The molecule has 0 atom stereocenters. The summed E-state index contributed by atoms with van der Waals surface area (Å²) in [6, 6.07) is 7.90. The van der Waals surface area contributed by atoms with E-state index in [4.69, 9.17) is 0 Å². The first kappa shape index (κ1) is 12.8. The van der Waals surface area contributed by atoms with Gasteiger partial charge >= 0.3 is 0 Å². The van der Waals surface area contributed by atoms with Crippen LogP contribution in [0.1, 0.15) is 43.6 Å². The molecule has 0 unspecified atom stereocenters. The van der Waals surface area contributed by atoms with Crippen molar-refractivity contribution >= 4 is 16.7 Å². The van der Waals surface area contributed by atoms with Gasteiger partial charge in [-0.05, 0) is 12.0 Å². The number of carbonyl (C=O) groups is 1. The number of Topliss-reactive ketones (excluding diaryl/α,β-unsaturated/α-hetero) is 1. The van der Waals surface area contributed by atoms with Crippen LogP contribution in [-0.2, 0) is 7.05 Å². The summed E-state index contributed by atoms with van der Waals surface area (Å²) in [5.41, 5.74) is 1.64. The van der Waals surface area contributed by atoms with Gasteiger partial charge in [0.15, 0.2) is 5.78 Å². The van der Waals surface area contributed by atoms with Gasteiger partial charge in [0.1, 0.15) is 5.69 Å². The highest BCUT2D eigenvalue weighted by atomic mass is 16.1.